The normalized spacial score (nSPS) is 20.4. The number of oxazole rings is 1. The molecule has 2 atom stereocenters. The molecule has 12 heteroatoms. The van der Waals surface area contributed by atoms with Crippen LogP contribution in [0.5, 0.6) is 0 Å². The van der Waals surface area contributed by atoms with E-state index in [2.05, 4.69) is 53.2 Å². The van der Waals surface area contributed by atoms with Gasteiger partial charge in [-0.25, -0.2) is 15.0 Å². The van der Waals surface area contributed by atoms with E-state index in [0.717, 1.165) is 63.1 Å². The molecular weight excluding hydrogens is 693 g/mol. The number of fused-ring (bicyclic) bond motifs is 2. The summed E-state index contributed by atoms with van der Waals surface area (Å²) >= 11 is 0. The number of aryl methyl sites for hydroxylation is 1. The SMILES string of the molecule is Cc1nc(Nc2cccc(-c3cccc(-c4nc5cc(CN6CC[C@@](C)(C(=O)O)C6)cc(C#N)c5o4)c3C)c2C)c2ncc(CN3CC[C@@](C)(O)C3)cc2n1. The van der Waals surface area contributed by atoms with E-state index >= 15 is 0 Å². The summed E-state index contributed by atoms with van der Waals surface area (Å²) in [5.74, 6) is 0.909. The molecule has 3 N–H and O–H groups in total. The van der Waals surface area contributed by atoms with Gasteiger partial charge in [0.25, 0.3) is 0 Å². The third kappa shape index (κ3) is 7.02. The molecule has 3 aromatic carbocycles. The summed E-state index contributed by atoms with van der Waals surface area (Å²) in [7, 11) is 0. The molecule has 55 heavy (non-hydrogen) atoms. The molecule has 2 fully saturated rings. The van der Waals surface area contributed by atoms with Gasteiger partial charge in [-0.15, -0.1) is 0 Å². The van der Waals surface area contributed by atoms with E-state index in [4.69, 9.17) is 24.4 Å². The largest absolute Gasteiger partial charge is 0.481 e. The van der Waals surface area contributed by atoms with Crippen molar-refractivity contribution in [2.24, 2.45) is 5.41 Å². The van der Waals surface area contributed by atoms with Crippen molar-refractivity contribution >= 4 is 39.6 Å². The first kappa shape index (κ1) is 36.2. The molecule has 12 nitrogen and oxygen atoms in total. The summed E-state index contributed by atoms with van der Waals surface area (Å²) in [6.45, 7) is 13.5. The zero-order chi connectivity index (χ0) is 38.6. The standard InChI is InChI=1S/C43H44N8O4/c1-25-31(8-6-10-33(25)40-49-36-17-28(16-30(19-44)38(36)55-40)21-50-14-12-42(4,23-50)41(52)53)32-9-7-11-34(26(32)2)48-39-37-35(46-27(3)47-39)18-29(20-45-37)22-51-15-13-43(5,54)24-51/h6-11,16-18,20,54H,12-15,21-24H2,1-5H3,(H,52,53)(H,46,47,48)/t42-,43-/m1/s1. The first-order chi connectivity index (χ1) is 26.3. The summed E-state index contributed by atoms with van der Waals surface area (Å²) in [4.78, 5) is 35.3. The Bertz CT molecular complexity index is 2540. The molecule has 0 amide bonds. The lowest BCUT2D eigenvalue weighted by Crippen LogP contribution is -2.31. The molecule has 0 unspecified atom stereocenters. The van der Waals surface area contributed by atoms with Gasteiger partial charge in [0.1, 0.15) is 22.9 Å². The van der Waals surface area contributed by atoms with Crippen LogP contribution < -0.4 is 5.32 Å². The van der Waals surface area contributed by atoms with Crippen LogP contribution in [-0.2, 0) is 17.9 Å². The van der Waals surface area contributed by atoms with Crippen LogP contribution in [0, 0.1) is 37.5 Å². The van der Waals surface area contributed by atoms with Gasteiger partial charge >= 0.3 is 5.97 Å². The number of hydrogen-bond acceptors (Lipinski definition) is 11. The van der Waals surface area contributed by atoms with Crippen molar-refractivity contribution in [1.82, 2.24) is 29.7 Å². The van der Waals surface area contributed by atoms with Gasteiger partial charge < -0.3 is 19.9 Å². The van der Waals surface area contributed by atoms with Crippen molar-refractivity contribution in [2.75, 3.05) is 31.5 Å². The van der Waals surface area contributed by atoms with Gasteiger partial charge in [-0.3, -0.25) is 19.6 Å². The molecule has 2 aliphatic rings. The maximum absolute atomic E-state index is 11.8. The zero-order valence-electron chi connectivity index (χ0n) is 31.8. The predicted molar refractivity (Wildman–Crippen MR) is 211 cm³/mol. The van der Waals surface area contributed by atoms with Gasteiger partial charge in [0.15, 0.2) is 11.4 Å². The number of carboxylic acids is 1. The summed E-state index contributed by atoms with van der Waals surface area (Å²) < 4.78 is 6.30. The second kappa shape index (κ2) is 13.8. The molecule has 8 rings (SSSR count). The number of rotatable bonds is 9. The second-order valence-corrected chi connectivity index (χ2v) is 15.8. The van der Waals surface area contributed by atoms with E-state index in [0.29, 0.717) is 78.9 Å². The highest BCUT2D eigenvalue weighted by atomic mass is 16.4. The van der Waals surface area contributed by atoms with Gasteiger partial charge in [-0.2, -0.15) is 5.26 Å². The van der Waals surface area contributed by atoms with Crippen LogP contribution in [0.3, 0.4) is 0 Å². The number of carboxylic acid groups (broad SMARTS) is 1. The predicted octanol–water partition coefficient (Wildman–Crippen LogP) is 7.29. The molecule has 280 valence electrons. The first-order valence-corrected chi connectivity index (χ1v) is 18.6. The highest BCUT2D eigenvalue weighted by molar-refractivity contribution is 5.90. The van der Waals surface area contributed by atoms with E-state index in [-0.39, 0.29) is 0 Å². The van der Waals surface area contributed by atoms with Crippen LogP contribution in [0.4, 0.5) is 11.5 Å². The number of β-amino-alcohol motifs (C(OH)–C–C–N with tert-alkyl or cyclic N) is 1. The smallest absolute Gasteiger partial charge is 0.310 e. The number of aromatic nitrogens is 4. The van der Waals surface area contributed by atoms with Gasteiger partial charge in [0.2, 0.25) is 5.89 Å². The number of nitrogens with zero attached hydrogens (tertiary/aromatic N) is 7. The number of nitrogens with one attached hydrogen (secondary N) is 1. The van der Waals surface area contributed by atoms with Crippen molar-refractivity contribution in [3.63, 3.8) is 0 Å². The minimum atomic E-state index is -0.785. The average molecular weight is 737 g/mol. The number of nitriles is 1. The van der Waals surface area contributed by atoms with Crippen molar-refractivity contribution in [1.29, 1.82) is 5.26 Å². The number of pyridine rings is 1. The van der Waals surface area contributed by atoms with Crippen LogP contribution in [0.1, 0.15) is 60.3 Å². The van der Waals surface area contributed by atoms with E-state index < -0.39 is 17.0 Å². The van der Waals surface area contributed by atoms with Crippen molar-refractivity contribution in [3.05, 3.63) is 94.4 Å². The fourth-order valence-corrected chi connectivity index (χ4v) is 8.14. The summed E-state index contributed by atoms with van der Waals surface area (Å²) in [6, 6.07) is 20.3. The Morgan fingerprint density at radius 1 is 0.891 bits per heavy atom. The Hall–Kier alpha value is -5.74. The Labute approximate surface area is 319 Å². The number of aliphatic hydroxyl groups is 1. The monoisotopic (exact) mass is 736 g/mol. The first-order valence-electron chi connectivity index (χ1n) is 18.6. The van der Waals surface area contributed by atoms with Crippen LogP contribution in [0.15, 0.2) is 65.2 Å². The molecule has 2 saturated heterocycles. The van der Waals surface area contributed by atoms with E-state index in [1.807, 2.05) is 56.4 Å². The molecule has 0 saturated carbocycles. The third-order valence-electron chi connectivity index (χ3n) is 11.2. The Balaban J connectivity index is 1.07. The number of benzene rings is 3. The van der Waals surface area contributed by atoms with Crippen molar-refractivity contribution in [2.45, 2.75) is 66.2 Å². The molecule has 5 heterocycles. The molecular formula is C43H44N8O4. The maximum atomic E-state index is 11.8. The highest BCUT2D eigenvalue weighted by Crippen LogP contribution is 2.38. The molecule has 6 aromatic rings. The van der Waals surface area contributed by atoms with E-state index in [1.165, 1.54) is 0 Å². The van der Waals surface area contributed by atoms with Gasteiger partial charge in [0.05, 0.1) is 22.1 Å². The summed E-state index contributed by atoms with van der Waals surface area (Å²) in [5, 5.41) is 33.7. The molecule has 0 radical (unpaired) electrons. The van der Waals surface area contributed by atoms with Gasteiger partial charge in [-0.05, 0) is 118 Å². The quantitative estimate of drug-likeness (QED) is 0.136. The third-order valence-corrected chi connectivity index (χ3v) is 11.2. The lowest BCUT2D eigenvalue weighted by Gasteiger charge is -2.20. The Morgan fingerprint density at radius 2 is 1.58 bits per heavy atom. The van der Waals surface area contributed by atoms with Crippen molar-refractivity contribution < 1.29 is 19.4 Å². The molecule has 0 bridgehead atoms. The number of carbonyl (C=O) groups is 1. The lowest BCUT2D eigenvalue weighted by atomic mass is 9.90. The fourth-order valence-electron chi connectivity index (χ4n) is 8.14. The average Bonchev–Trinajstić information content (AvgIpc) is 3.85. The van der Waals surface area contributed by atoms with Gasteiger partial charge in [-0.1, -0.05) is 24.3 Å². The summed E-state index contributed by atoms with van der Waals surface area (Å²) in [6.07, 6.45) is 3.21. The lowest BCUT2D eigenvalue weighted by molar-refractivity contribution is -0.147. The van der Waals surface area contributed by atoms with Crippen LogP contribution in [-0.4, -0.2) is 77.7 Å². The van der Waals surface area contributed by atoms with Crippen LogP contribution in [0.25, 0.3) is 44.7 Å². The Morgan fingerprint density at radius 3 is 2.31 bits per heavy atom. The Kier molecular flexibility index (Phi) is 9.12. The minimum Gasteiger partial charge on any atom is -0.481 e. The topological polar surface area (TPSA) is 165 Å². The van der Waals surface area contributed by atoms with Crippen LogP contribution in [0.2, 0.25) is 0 Å². The van der Waals surface area contributed by atoms with Crippen molar-refractivity contribution in [3.8, 4) is 28.7 Å². The molecule has 3 aromatic heterocycles. The second-order valence-electron chi connectivity index (χ2n) is 15.8. The maximum Gasteiger partial charge on any atom is 0.310 e. The highest BCUT2D eigenvalue weighted by Gasteiger charge is 2.40. The number of anilines is 2. The van der Waals surface area contributed by atoms with Gasteiger partial charge in [0, 0.05) is 50.2 Å². The fraction of sp³-hybridized carbons (Fsp3) is 0.349. The number of likely N-dealkylation sites (tertiary alicyclic amines) is 2. The molecule has 2 aliphatic heterocycles. The van der Waals surface area contributed by atoms with E-state index in [1.54, 1.807) is 6.92 Å². The number of hydrogen-bond donors (Lipinski definition) is 3. The number of aliphatic carboxylic acids is 1. The summed E-state index contributed by atoms with van der Waals surface area (Å²) in [5.41, 5.74) is 9.14. The van der Waals surface area contributed by atoms with Crippen LogP contribution >= 0.6 is 0 Å². The molecule has 0 aliphatic carbocycles. The molecule has 0 spiro atoms. The van der Waals surface area contributed by atoms with E-state index in [9.17, 15) is 20.3 Å². The zero-order valence-corrected chi connectivity index (χ0v) is 31.8. The minimum absolute atomic E-state index is 0.397.